The Kier molecular flexibility index (Phi) is 3.78. The van der Waals surface area contributed by atoms with Crippen molar-refractivity contribution in [2.45, 2.75) is 19.4 Å². The lowest BCUT2D eigenvalue weighted by molar-refractivity contribution is 0.650. The van der Waals surface area contributed by atoms with E-state index in [9.17, 15) is 0 Å². The molecule has 2 heterocycles. The Morgan fingerprint density at radius 2 is 2.15 bits per heavy atom. The number of hydrogen-bond acceptors (Lipinski definition) is 4. The van der Waals surface area contributed by atoms with E-state index in [0.29, 0.717) is 0 Å². The van der Waals surface area contributed by atoms with Crippen LogP contribution < -0.4 is 11.3 Å². The molecule has 0 saturated carbocycles. The first-order chi connectivity index (χ1) is 9.83. The second-order valence-electron chi connectivity index (χ2n) is 4.70. The highest BCUT2D eigenvalue weighted by Crippen LogP contribution is 2.32. The van der Waals surface area contributed by atoms with Crippen LogP contribution in [0, 0.1) is 0 Å². The smallest absolute Gasteiger partial charge is 0.0809 e. The maximum Gasteiger partial charge on any atom is 0.0809 e. The number of thiophene rings is 1. The lowest BCUT2D eigenvalue weighted by atomic mass is 9.99. The molecule has 20 heavy (non-hydrogen) atoms. The number of aromatic nitrogens is 1. The highest BCUT2D eigenvalue weighted by atomic mass is 32.1. The van der Waals surface area contributed by atoms with Crippen LogP contribution in [-0.4, -0.2) is 4.98 Å². The fourth-order valence-corrected chi connectivity index (χ4v) is 3.49. The van der Waals surface area contributed by atoms with Gasteiger partial charge >= 0.3 is 0 Å². The number of benzene rings is 1. The molecule has 1 aromatic carbocycles. The van der Waals surface area contributed by atoms with E-state index in [2.05, 4.69) is 47.7 Å². The molecule has 3 rings (SSSR count). The molecule has 0 bridgehead atoms. The quantitative estimate of drug-likeness (QED) is 0.570. The summed E-state index contributed by atoms with van der Waals surface area (Å²) in [5, 5.41) is 2.33. The van der Waals surface area contributed by atoms with Gasteiger partial charge in [0.05, 0.1) is 6.04 Å². The molecule has 0 aliphatic rings. The van der Waals surface area contributed by atoms with Crippen molar-refractivity contribution >= 4 is 22.1 Å². The lowest BCUT2D eigenvalue weighted by Gasteiger charge is -2.17. The van der Waals surface area contributed by atoms with Crippen LogP contribution in [0.1, 0.15) is 28.3 Å². The van der Waals surface area contributed by atoms with E-state index in [4.69, 9.17) is 5.84 Å². The van der Waals surface area contributed by atoms with E-state index in [0.717, 1.165) is 11.8 Å². The van der Waals surface area contributed by atoms with Gasteiger partial charge in [-0.3, -0.25) is 10.8 Å². The third-order valence-electron chi connectivity index (χ3n) is 3.51. The van der Waals surface area contributed by atoms with Crippen molar-refractivity contribution in [3.8, 4) is 0 Å². The van der Waals surface area contributed by atoms with Gasteiger partial charge in [0.25, 0.3) is 0 Å². The summed E-state index contributed by atoms with van der Waals surface area (Å²) in [7, 11) is 0. The van der Waals surface area contributed by atoms with Gasteiger partial charge in [0.2, 0.25) is 0 Å². The molecule has 0 aliphatic carbocycles. The molecule has 3 nitrogen and oxygen atoms in total. The third kappa shape index (κ3) is 2.33. The van der Waals surface area contributed by atoms with E-state index < -0.39 is 0 Å². The maximum atomic E-state index is 5.81. The van der Waals surface area contributed by atoms with Crippen LogP contribution in [0.5, 0.6) is 0 Å². The fourth-order valence-electron chi connectivity index (χ4n) is 2.45. The van der Waals surface area contributed by atoms with Crippen molar-refractivity contribution in [2.75, 3.05) is 0 Å². The molecule has 3 aromatic rings. The Morgan fingerprint density at radius 3 is 2.90 bits per heavy atom. The molecule has 1 unspecified atom stereocenters. The summed E-state index contributed by atoms with van der Waals surface area (Å²) in [6, 6.07) is 12.6. The minimum absolute atomic E-state index is 0.00759. The van der Waals surface area contributed by atoms with Gasteiger partial charge in [0.1, 0.15) is 0 Å². The van der Waals surface area contributed by atoms with Gasteiger partial charge in [-0.2, -0.15) is 0 Å². The van der Waals surface area contributed by atoms with E-state index in [1.165, 1.54) is 20.7 Å². The number of pyridine rings is 1. The number of nitrogens with one attached hydrogen (secondary N) is 1. The zero-order valence-corrected chi connectivity index (χ0v) is 12.2. The molecule has 3 N–H and O–H groups in total. The van der Waals surface area contributed by atoms with Gasteiger partial charge in [-0.25, -0.2) is 5.43 Å². The van der Waals surface area contributed by atoms with Crippen LogP contribution in [0.25, 0.3) is 10.8 Å². The summed E-state index contributed by atoms with van der Waals surface area (Å²) in [5.74, 6) is 5.81. The molecule has 0 spiro atoms. The van der Waals surface area contributed by atoms with Crippen LogP contribution in [0.3, 0.4) is 0 Å². The number of rotatable bonds is 4. The van der Waals surface area contributed by atoms with Gasteiger partial charge in [0, 0.05) is 27.5 Å². The monoisotopic (exact) mass is 283 g/mol. The summed E-state index contributed by atoms with van der Waals surface area (Å²) >= 11 is 1.81. The van der Waals surface area contributed by atoms with Gasteiger partial charge in [-0.15, -0.1) is 11.3 Å². The first kappa shape index (κ1) is 13.2. The standard InChI is InChI=1S/C16H17N3S/c1-2-12-6-7-15(20-12)16(19-17)13-5-3-4-11-8-9-18-10-14(11)13/h3-10,16,19H,2,17H2,1H3. The molecular formula is C16H17N3S. The Hall–Kier alpha value is -1.75. The fraction of sp³-hybridized carbons (Fsp3) is 0.188. The number of fused-ring (bicyclic) bond motifs is 1. The third-order valence-corrected chi connectivity index (χ3v) is 4.80. The first-order valence-corrected chi connectivity index (χ1v) is 7.52. The zero-order chi connectivity index (χ0) is 13.9. The Labute approximate surface area is 122 Å². The van der Waals surface area contributed by atoms with Crippen molar-refractivity contribution in [1.29, 1.82) is 0 Å². The van der Waals surface area contributed by atoms with Gasteiger partial charge < -0.3 is 0 Å². The number of hydrazine groups is 1. The largest absolute Gasteiger partial charge is 0.271 e. The molecule has 0 saturated heterocycles. The number of nitrogens with zero attached hydrogens (tertiary/aromatic N) is 1. The Bertz CT molecular complexity index is 715. The van der Waals surface area contributed by atoms with Gasteiger partial charge in [-0.1, -0.05) is 25.1 Å². The molecular weight excluding hydrogens is 266 g/mol. The highest BCUT2D eigenvalue weighted by molar-refractivity contribution is 7.12. The van der Waals surface area contributed by atoms with Crippen LogP contribution in [-0.2, 0) is 6.42 Å². The van der Waals surface area contributed by atoms with Crippen LogP contribution in [0.4, 0.5) is 0 Å². The number of aryl methyl sites for hydroxylation is 1. The second kappa shape index (κ2) is 5.71. The van der Waals surface area contributed by atoms with E-state index in [1.54, 1.807) is 11.3 Å². The van der Waals surface area contributed by atoms with Crippen molar-refractivity contribution < 1.29 is 0 Å². The predicted molar refractivity (Wildman–Crippen MR) is 84.6 cm³/mol. The van der Waals surface area contributed by atoms with Gasteiger partial charge in [-0.05, 0) is 35.6 Å². The van der Waals surface area contributed by atoms with Crippen LogP contribution in [0.15, 0.2) is 48.8 Å². The first-order valence-electron chi connectivity index (χ1n) is 6.71. The molecule has 0 fully saturated rings. The average molecular weight is 283 g/mol. The molecule has 0 amide bonds. The molecule has 102 valence electrons. The topological polar surface area (TPSA) is 50.9 Å². The SMILES string of the molecule is CCc1ccc(C(NN)c2cccc3ccncc23)s1. The van der Waals surface area contributed by atoms with Crippen molar-refractivity contribution in [3.05, 3.63) is 64.1 Å². The number of nitrogens with two attached hydrogens (primary N) is 1. The minimum atomic E-state index is 0.00759. The van der Waals surface area contributed by atoms with Crippen LogP contribution >= 0.6 is 11.3 Å². The molecule has 0 aliphatic heterocycles. The minimum Gasteiger partial charge on any atom is -0.271 e. The summed E-state index contributed by atoms with van der Waals surface area (Å²) < 4.78 is 0. The second-order valence-corrected chi connectivity index (χ2v) is 5.90. The molecule has 0 radical (unpaired) electrons. The zero-order valence-electron chi connectivity index (χ0n) is 11.3. The van der Waals surface area contributed by atoms with Crippen molar-refractivity contribution in [1.82, 2.24) is 10.4 Å². The Morgan fingerprint density at radius 1 is 1.25 bits per heavy atom. The van der Waals surface area contributed by atoms with Gasteiger partial charge in [0.15, 0.2) is 0 Å². The summed E-state index contributed by atoms with van der Waals surface area (Å²) in [5.41, 5.74) is 4.12. The average Bonchev–Trinajstić information content (AvgIpc) is 2.97. The summed E-state index contributed by atoms with van der Waals surface area (Å²) in [4.78, 5) is 6.85. The lowest BCUT2D eigenvalue weighted by Crippen LogP contribution is -2.28. The summed E-state index contributed by atoms with van der Waals surface area (Å²) in [6.45, 7) is 2.17. The van der Waals surface area contributed by atoms with Crippen molar-refractivity contribution in [2.24, 2.45) is 5.84 Å². The molecule has 4 heteroatoms. The summed E-state index contributed by atoms with van der Waals surface area (Å²) in [6.07, 6.45) is 4.78. The van der Waals surface area contributed by atoms with Crippen LogP contribution in [0.2, 0.25) is 0 Å². The highest BCUT2D eigenvalue weighted by Gasteiger charge is 2.17. The van der Waals surface area contributed by atoms with E-state index >= 15 is 0 Å². The molecule has 1 atom stereocenters. The predicted octanol–water partition coefficient (Wildman–Crippen LogP) is 3.41. The van der Waals surface area contributed by atoms with E-state index in [-0.39, 0.29) is 6.04 Å². The number of hydrogen-bond donors (Lipinski definition) is 2. The maximum absolute atomic E-state index is 5.81. The molecule has 2 aromatic heterocycles. The van der Waals surface area contributed by atoms with E-state index in [1.807, 2.05) is 18.5 Å². The van der Waals surface area contributed by atoms with Crippen molar-refractivity contribution in [3.63, 3.8) is 0 Å². The Balaban J connectivity index is 2.11. The normalized spacial score (nSPS) is 12.7.